The fourth-order valence-electron chi connectivity index (χ4n) is 1.79. The van der Waals surface area contributed by atoms with Crippen LogP contribution < -0.4 is 10.5 Å². The zero-order valence-electron chi connectivity index (χ0n) is 11.2. The Morgan fingerprint density at radius 1 is 1.14 bits per heavy atom. The van der Waals surface area contributed by atoms with Gasteiger partial charge in [0.2, 0.25) is 0 Å². The predicted molar refractivity (Wildman–Crippen MR) is 80.1 cm³/mol. The summed E-state index contributed by atoms with van der Waals surface area (Å²) in [6, 6.07) is 9.29. The zero-order chi connectivity index (χ0) is 14.8. The highest BCUT2D eigenvalue weighted by Gasteiger charge is 2.31. The molecule has 0 bridgehead atoms. The average molecular weight is 338 g/mol. The number of hydrogen-bond acceptors (Lipinski definition) is 3. The first-order valence-corrected chi connectivity index (χ1v) is 6.90. The lowest BCUT2D eigenvalue weighted by molar-refractivity contribution is -0.274. The molecule has 1 aromatic carbocycles. The molecule has 2 aromatic rings. The van der Waals surface area contributed by atoms with Gasteiger partial charge in [-0.05, 0) is 36.2 Å². The summed E-state index contributed by atoms with van der Waals surface area (Å²) in [5.74, 6) is -0.242. The van der Waals surface area contributed by atoms with Gasteiger partial charge in [-0.1, -0.05) is 19.1 Å². The maximum Gasteiger partial charge on any atom is 0.573 e. The molecule has 0 aliphatic rings. The van der Waals surface area contributed by atoms with Gasteiger partial charge < -0.3 is 10.5 Å². The van der Waals surface area contributed by atoms with Gasteiger partial charge >= 0.3 is 6.36 Å². The van der Waals surface area contributed by atoms with E-state index in [4.69, 9.17) is 5.73 Å². The highest BCUT2D eigenvalue weighted by atomic mass is 35.5. The van der Waals surface area contributed by atoms with Crippen molar-refractivity contribution in [2.45, 2.75) is 25.7 Å². The molecule has 0 fully saturated rings. The van der Waals surface area contributed by atoms with E-state index in [1.54, 1.807) is 23.5 Å². The first-order chi connectivity index (χ1) is 9.39. The topological polar surface area (TPSA) is 35.2 Å². The van der Waals surface area contributed by atoms with Crippen molar-refractivity contribution in [1.82, 2.24) is 0 Å². The highest BCUT2D eigenvalue weighted by Crippen LogP contribution is 2.29. The molecule has 0 saturated carbocycles. The third-order valence-electron chi connectivity index (χ3n) is 2.81. The molecule has 0 radical (unpaired) electrons. The number of hydrogen-bond donors (Lipinski definition) is 1. The summed E-state index contributed by atoms with van der Waals surface area (Å²) in [4.78, 5) is 2.22. The third-order valence-corrected chi connectivity index (χ3v) is 4.12. The van der Waals surface area contributed by atoms with Crippen molar-refractivity contribution in [3.8, 4) is 5.75 Å². The lowest BCUT2D eigenvalue weighted by Gasteiger charge is -2.12. The molecule has 0 spiro atoms. The number of alkyl halides is 3. The SMILES string of the molecule is CCc1ccc([C@H](N)c2ccc(OC(F)(F)F)cc2)s1.Cl. The number of nitrogens with two attached hydrogens (primary N) is 1. The van der Waals surface area contributed by atoms with Crippen molar-refractivity contribution < 1.29 is 17.9 Å². The summed E-state index contributed by atoms with van der Waals surface area (Å²) < 4.78 is 40.0. The summed E-state index contributed by atoms with van der Waals surface area (Å²) in [7, 11) is 0. The minimum Gasteiger partial charge on any atom is -0.406 e. The van der Waals surface area contributed by atoms with E-state index >= 15 is 0 Å². The van der Waals surface area contributed by atoms with Crippen LogP contribution >= 0.6 is 23.7 Å². The van der Waals surface area contributed by atoms with Crippen molar-refractivity contribution in [3.05, 3.63) is 51.7 Å². The minimum atomic E-state index is -4.67. The van der Waals surface area contributed by atoms with E-state index in [9.17, 15) is 13.2 Å². The smallest absolute Gasteiger partial charge is 0.406 e. The molecule has 0 aliphatic heterocycles. The highest BCUT2D eigenvalue weighted by molar-refractivity contribution is 7.12. The first kappa shape index (κ1) is 17.8. The van der Waals surface area contributed by atoms with Crippen molar-refractivity contribution >= 4 is 23.7 Å². The standard InChI is InChI=1S/C14H14F3NOS.ClH/c1-2-11-7-8-12(20-11)13(18)9-3-5-10(6-4-9)19-14(15,16)17;/h3-8,13H,2,18H2,1H3;1H/t13-;/m1./s1. The Morgan fingerprint density at radius 3 is 2.24 bits per heavy atom. The normalized spacial score (nSPS) is 12.6. The van der Waals surface area contributed by atoms with Crippen molar-refractivity contribution in [1.29, 1.82) is 0 Å². The summed E-state index contributed by atoms with van der Waals surface area (Å²) in [5, 5.41) is 0. The van der Waals surface area contributed by atoms with Crippen LogP contribution in [0.1, 0.15) is 28.3 Å². The molecule has 21 heavy (non-hydrogen) atoms. The molecule has 0 amide bonds. The van der Waals surface area contributed by atoms with Gasteiger partial charge in [0.25, 0.3) is 0 Å². The minimum absolute atomic E-state index is 0. The Bertz CT molecular complexity index is 568. The van der Waals surface area contributed by atoms with E-state index in [1.165, 1.54) is 17.0 Å². The zero-order valence-corrected chi connectivity index (χ0v) is 12.8. The van der Waals surface area contributed by atoms with Gasteiger partial charge in [-0.25, -0.2) is 0 Å². The number of ether oxygens (including phenoxy) is 1. The van der Waals surface area contributed by atoms with Gasteiger partial charge in [-0.3, -0.25) is 0 Å². The molecule has 1 aromatic heterocycles. The van der Waals surface area contributed by atoms with Crippen LogP contribution in [0.4, 0.5) is 13.2 Å². The van der Waals surface area contributed by atoms with Gasteiger partial charge in [0.05, 0.1) is 6.04 Å². The molecule has 7 heteroatoms. The maximum atomic E-state index is 12.1. The number of thiophene rings is 1. The molecular formula is C14H15ClF3NOS. The van der Waals surface area contributed by atoms with E-state index in [0.717, 1.165) is 16.9 Å². The Morgan fingerprint density at radius 2 is 1.76 bits per heavy atom. The molecular weight excluding hydrogens is 323 g/mol. The third kappa shape index (κ3) is 4.91. The number of benzene rings is 1. The summed E-state index contributed by atoms with van der Waals surface area (Å²) in [6.45, 7) is 2.06. The molecule has 2 rings (SSSR count). The molecule has 1 atom stereocenters. The van der Waals surface area contributed by atoms with E-state index < -0.39 is 6.36 Å². The number of rotatable bonds is 4. The molecule has 2 nitrogen and oxygen atoms in total. The predicted octanol–water partition coefficient (Wildman–Crippen LogP) is 4.68. The Labute approximate surface area is 131 Å². The Balaban J connectivity index is 0.00000220. The second-order valence-corrected chi connectivity index (χ2v) is 5.45. The molecule has 1 heterocycles. The van der Waals surface area contributed by atoms with Crippen LogP contribution in [-0.4, -0.2) is 6.36 Å². The number of aryl methyl sites for hydroxylation is 1. The van der Waals surface area contributed by atoms with Crippen molar-refractivity contribution in [2.24, 2.45) is 5.73 Å². The first-order valence-electron chi connectivity index (χ1n) is 6.09. The van der Waals surface area contributed by atoms with E-state index in [2.05, 4.69) is 11.7 Å². The monoisotopic (exact) mass is 337 g/mol. The van der Waals surface area contributed by atoms with E-state index in [1.807, 2.05) is 12.1 Å². The van der Waals surface area contributed by atoms with Crippen molar-refractivity contribution in [2.75, 3.05) is 0 Å². The van der Waals surface area contributed by atoms with Crippen LogP contribution in [0.15, 0.2) is 36.4 Å². The lowest BCUT2D eigenvalue weighted by atomic mass is 10.1. The molecule has 0 saturated heterocycles. The second kappa shape index (κ2) is 7.15. The van der Waals surface area contributed by atoms with Crippen LogP contribution in [0.25, 0.3) is 0 Å². The second-order valence-electron chi connectivity index (χ2n) is 4.25. The van der Waals surface area contributed by atoms with Crippen molar-refractivity contribution in [3.63, 3.8) is 0 Å². The van der Waals surface area contributed by atoms with E-state index in [-0.39, 0.29) is 24.2 Å². The number of halogens is 4. The average Bonchev–Trinajstić information content (AvgIpc) is 2.85. The molecule has 116 valence electrons. The molecule has 0 unspecified atom stereocenters. The van der Waals surface area contributed by atoms with Crippen LogP contribution in [0.5, 0.6) is 5.75 Å². The van der Waals surface area contributed by atoms with Crippen LogP contribution in [0.3, 0.4) is 0 Å². The lowest BCUT2D eigenvalue weighted by Crippen LogP contribution is -2.17. The summed E-state index contributed by atoms with van der Waals surface area (Å²) >= 11 is 1.61. The van der Waals surface area contributed by atoms with Gasteiger partial charge in [0, 0.05) is 9.75 Å². The van der Waals surface area contributed by atoms with Gasteiger partial charge in [-0.2, -0.15) is 0 Å². The summed E-state index contributed by atoms with van der Waals surface area (Å²) in [6.07, 6.45) is -3.73. The van der Waals surface area contributed by atoms with Crippen LogP contribution in [-0.2, 0) is 6.42 Å². The van der Waals surface area contributed by atoms with Gasteiger partial charge in [0.15, 0.2) is 0 Å². The van der Waals surface area contributed by atoms with E-state index in [0.29, 0.717) is 0 Å². The summed E-state index contributed by atoms with van der Waals surface area (Å²) in [5.41, 5.74) is 6.86. The fraction of sp³-hybridized carbons (Fsp3) is 0.286. The fourth-order valence-corrected chi connectivity index (χ4v) is 2.78. The Hall–Kier alpha value is -1.24. The van der Waals surface area contributed by atoms with Crippen LogP contribution in [0, 0.1) is 0 Å². The van der Waals surface area contributed by atoms with Gasteiger partial charge in [-0.15, -0.1) is 36.9 Å². The maximum absolute atomic E-state index is 12.1. The molecule has 2 N–H and O–H groups in total. The van der Waals surface area contributed by atoms with Gasteiger partial charge in [0.1, 0.15) is 5.75 Å². The van der Waals surface area contributed by atoms with Crippen LogP contribution in [0.2, 0.25) is 0 Å². The largest absolute Gasteiger partial charge is 0.573 e. The molecule has 0 aliphatic carbocycles. The Kier molecular flexibility index (Phi) is 6.07. The quantitative estimate of drug-likeness (QED) is 0.879.